The lowest BCUT2D eigenvalue weighted by molar-refractivity contribution is -0.147. The number of hydrogen-bond acceptors (Lipinski definition) is 7. The molecule has 1 aromatic heterocycles. The molecule has 0 aliphatic carbocycles. The maximum atomic E-state index is 10.9. The predicted octanol–water partition coefficient (Wildman–Crippen LogP) is 3.84. The van der Waals surface area contributed by atoms with E-state index in [1.165, 1.54) is 0 Å². The summed E-state index contributed by atoms with van der Waals surface area (Å²) in [6.07, 6.45) is 0.0557. The minimum atomic E-state index is -0.711. The van der Waals surface area contributed by atoms with E-state index in [0.29, 0.717) is 36.8 Å². The standard InChI is InChI=1S/C24H28N4O4/c1-15(2)31-22-8-5-17(9-21(22)25)23-10-20(27-32-23)11-26-19-6-3-16(4-7-19)12-28-13-18(14-28)24(29)30/h3-10,15,18,26H,11-14,25H2,1-2H3,(H,29,30). The van der Waals surface area contributed by atoms with Crippen LogP contribution in [-0.2, 0) is 17.9 Å². The number of nitrogens with one attached hydrogen (secondary N) is 1. The monoisotopic (exact) mass is 436 g/mol. The third-order valence-corrected chi connectivity index (χ3v) is 5.36. The first kappa shape index (κ1) is 21.7. The lowest BCUT2D eigenvalue weighted by atomic mass is 9.99. The third kappa shape index (κ3) is 5.20. The highest BCUT2D eigenvalue weighted by Gasteiger charge is 2.32. The molecule has 0 spiro atoms. The average molecular weight is 437 g/mol. The summed E-state index contributed by atoms with van der Waals surface area (Å²) in [6.45, 7) is 6.44. The summed E-state index contributed by atoms with van der Waals surface area (Å²) in [7, 11) is 0. The van der Waals surface area contributed by atoms with E-state index in [2.05, 4.69) is 15.4 Å². The first-order chi connectivity index (χ1) is 15.4. The van der Waals surface area contributed by atoms with Gasteiger partial charge in [0.15, 0.2) is 5.76 Å². The van der Waals surface area contributed by atoms with Crippen LogP contribution in [0.4, 0.5) is 11.4 Å². The Morgan fingerprint density at radius 3 is 2.66 bits per heavy atom. The van der Waals surface area contributed by atoms with E-state index < -0.39 is 5.97 Å². The van der Waals surface area contributed by atoms with E-state index in [0.717, 1.165) is 29.1 Å². The van der Waals surface area contributed by atoms with Crippen LogP contribution in [0.5, 0.6) is 5.75 Å². The highest BCUT2D eigenvalue weighted by Crippen LogP contribution is 2.30. The van der Waals surface area contributed by atoms with Gasteiger partial charge in [-0.1, -0.05) is 17.3 Å². The molecule has 1 aliphatic rings. The van der Waals surface area contributed by atoms with Gasteiger partial charge in [-0.3, -0.25) is 9.69 Å². The van der Waals surface area contributed by atoms with Crippen LogP contribution in [0.3, 0.4) is 0 Å². The van der Waals surface area contributed by atoms with Crippen LogP contribution >= 0.6 is 0 Å². The second kappa shape index (κ2) is 9.32. The van der Waals surface area contributed by atoms with Gasteiger partial charge in [0.1, 0.15) is 11.4 Å². The van der Waals surface area contributed by atoms with E-state index in [-0.39, 0.29) is 12.0 Å². The third-order valence-electron chi connectivity index (χ3n) is 5.36. The van der Waals surface area contributed by atoms with Crippen molar-refractivity contribution in [3.63, 3.8) is 0 Å². The van der Waals surface area contributed by atoms with Gasteiger partial charge in [-0.2, -0.15) is 0 Å². The molecule has 2 heterocycles. The minimum absolute atomic E-state index is 0.0557. The molecule has 3 aromatic rings. The predicted molar refractivity (Wildman–Crippen MR) is 122 cm³/mol. The molecule has 0 unspecified atom stereocenters. The number of aromatic nitrogens is 1. The fourth-order valence-corrected chi connectivity index (χ4v) is 3.63. The zero-order valence-corrected chi connectivity index (χ0v) is 18.2. The molecule has 0 bridgehead atoms. The normalized spacial score (nSPS) is 14.3. The summed E-state index contributed by atoms with van der Waals surface area (Å²) in [5, 5.41) is 16.4. The quantitative estimate of drug-likeness (QED) is 0.434. The Labute approximate surface area is 187 Å². The van der Waals surface area contributed by atoms with Crippen molar-refractivity contribution >= 4 is 17.3 Å². The molecule has 1 saturated heterocycles. The lowest BCUT2D eigenvalue weighted by Crippen LogP contribution is -2.49. The largest absolute Gasteiger partial charge is 0.489 e. The number of benzene rings is 2. The van der Waals surface area contributed by atoms with Crippen LogP contribution in [-0.4, -0.2) is 40.3 Å². The SMILES string of the molecule is CC(C)Oc1ccc(-c2cc(CNc3ccc(CN4CC(C(=O)O)C4)cc3)no2)cc1N. The number of carboxylic acids is 1. The number of hydrogen-bond donors (Lipinski definition) is 3. The maximum absolute atomic E-state index is 10.9. The van der Waals surface area contributed by atoms with Crippen LogP contribution < -0.4 is 15.8 Å². The molecule has 0 saturated carbocycles. The first-order valence-corrected chi connectivity index (χ1v) is 10.7. The van der Waals surface area contributed by atoms with Gasteiger partial charge in [0.25, 0.3) is 0 Å². The summed E-state index contributed by atoms with van der Waals surface area (Å²) < 4.78 is 11.2. The molecule has 1 fully saturated rings. The summed E-state index contributed by atoms with van der Waals surface area (Å²) in [5.41, 5.74) is 10.4. The number of nitrogens with two attached hydrogens (primary N) is 1. The second-order valence-electron chi connectivity index (χ2n) is 8.38. The summed E-state index contributed by atoms with van der Waals surface area (Å²) in [4.78, 5) is 13.0. The van der Waals surface area contributed by atoms with Crippen molar-refractivity contribution in [3.05, 3.63) is 59.8 Å². The highest BCUT2D eigenvalue weighted by atomic mass is 16.5. The smallest absolute Gasteiger partial charge is 0.309 e. The Kier molecular flexibility index (Phi) is 6.32. The summed E-state index contributed by atoms with van der Waals surface area (Å²) >= 11 is 0. The number of carboxylic acid groups (broad SMARTS) is 1. The Balaban J connectivity index is 1.30. The minimum Gasteiger partial charge on any atom is -0.489 e. The van der Waals surface area contributed by atoms with Crippen LogP contribution in [0.25, 0.3) is 11.3 Å². The van der Waals surface area contributed by atoms with Crippen molar-refractivity contribution in [2.24, 2.45) is 5.92 Å². The zero-order chi connectivity index (χ0) is 22.7. The van der Waals surface area contributed by atoms with Gasteiger partial charge in [-0.15, -0.1) is 0 Å². The molecular formula is C24H28N4O4. The molecule has 8 heteroatoms. The van der Waals surface area contributed by atoms with E-state index in [4.69, 9.17) is 20.1 Å². The van der Waals surface area contributed by atoms with Crippen molar-refractivity contribution in [1.82, 2.24) is 10.1 Å². The van der Waals surface area contributed by atoms with Crippen LogP contribution in [0.2, 0.25) is 0 Å². The van der Waals surface area contributed by atoms with Gasteiger partial charge < -0.3 is 25.4 Å². The van der Waals surface area contributed by atoms with Crippen molar-refractivity contribution in [2.45, 2.75) is 33.0 Å². The lowest BCUT2D eigenvalue weighted by Gasteiger charge is -2.36. The topological polar surface area (TPSA) is 114 Å². The number of nitrogen functional groups attached to an aromatic ring is 1. The van der Waals surface area contributed by atoms with Crippen molar-refractivity contribution < 1.29 is 19.2 Å². The van der Waals surface area contributed by atoms with Gasteiger partial charge in [-0.25, -0.2) is 0 Å². The number of likely N-dealkylation sites (tertiary alicyclic amines) is 1. The highest BCUT2D eigenvalue weighted by molar-refractivity contribution is 5.71. The second-order valence-corrected chi connectivity index (χ2v) is 8.38. The number of nitrogens with zero attached hydrogens (tertiary/aromatic N) is 2. The molecule has 32 heavy (non-hydrogen) atoms. The van der Waals surface area contributed by atoms with E-state index in [1.807, 2.05) is 62.4 Å². The fourth-order valence-electron chi connectivity index (χ4n) is 3.63. The Morgan fingerprint density at radius 2 is 2.00 bits per heavy atom. The molecular weight excluding hydrogens is 408 g/mol. The van der Waals surface area contributed by atoms with E-state index in [9.17, 15) is 4.79 Å². The van der Waals surface area contributed by atoms with Crippen LogP contribution in [0.15, 0.2) is 53.1 Å². The van der Waals surface area contributed by atoms with Crippen molar-refractivity contribution in [1.29, 1.82) is 0 Å². The molecule has 0 radical (unpaired) electrons. The van der Waals surface area contributed by atoms with Crippen molar-refractivity contribution in [3.8, 4) is 17.1 Å². The molecule has 0 amide bonds. The Bertz CT molecular complexity index is 1070. The summed E-state index contributed by atoms with van der Waals surface area (Å²) in [5.74, 6) is 0.363. The van der Waals surface area contributed by atoms with Gasteiger partial charge in [0.05, 0.1) is 24.3 Å². The van der Waals surface area contributed by atoms with Gasteiger partial charge in [0.2, 0.25) is 0 Å². The number of anilines is 2. The molecule has 168 valence electrons. The van der Waals surface area contributed by atoms with E-state index >= 15 is 0 Å². The Hall–Kier alpha value is -3.52. The molecule has 4 rings (SSSR count). The number of ether oxygens (including phenoxy) is 1. The maximum Gasteiger partial charge on any atom is 0.309 e. The molecule has 4 N–H and O–H groups in total. The van der Waals surface area contributed by atoms with Gasteiger partial charge in [-0.05, 0) is 49.7 Å². The number of aliphatic carboxylic acids is 1. The van der Waals surface area contributed by atoms with E-state index in [1.54, 1.807) is 0 Å². The van der Waals surface area contributed by atoms with Crippen molar-refractivity contribution in [2.75, 3.05) is 24.1 Å². The van der Waals surface area contributed by atoms with Crippen LogP contribution in [0.1, 0.15) is 25.1 Å². The van der Waals surface area contributed by atoms with Gasteiger partial charge >= 0.3 is 5.97 Å². The number of carbonyl (C=O) groups is 1. The fraction of sp³-hybridized carbons (Fsp3) is 0.333. The molecule has 0 atom stereocenters. The Morgan fingerprint density at radius 1 is 1.25 bits per heavy atom. The number of rotatable bonds is 9. The first-order valence-electron chi connectivity index (χ1n) is 10.7. The zero-order valence-electron chi connectivity index (χ0n) is 18.2. The molecule has 8 nitrogen and oxygen atoms in total. The average Bonchev–Trinajstić information content (AvgIpc) is 3.19. The summed E-state index contributed by atoms with van der Waals surface area (Å²) in [6, 6.07) is 15.6. The molecule has 2 aromatic carbocycles. The van der Waals surface area contributed by atoms with Gasteiger partial charge in [0, 0.05) is 37.0 Å². The van der Waals surface area contributed by atoms with Crippen LogP contribution in [0, 0.1) is 5.92 Å². The molecule has 1 aliphatic heterocycles.